The van der Waals surface area contributed by atoms with Crippen molar-refractivity contribution >= 4 is 55.7 Å². The highest BCUT2D eigenvalue weighted by molar-refractivity contribution is 9.11. The third kappa shape index (κ3) is 5.70. The molecule has 166 valence electrons. The van der Waals surface area contributed by atoms with E-state index in [2.05, 4.69) is 52.6 Å². The summed E-state index contributed by atoms with van der Waals surface area (Å²) in [6.07, 6.45) is 1.33. The van der Waals surface area contributed by atoms with Crippen LogP contribution in [0.4, 0.5) is 0 Å². The van der Waals surface area contributed by atoms with E-state index in [9.17, 15) is 9.90 Å². The van der Waals surface area contributed by atoms with E-state index in [0.29, 0.717) is 15.2 Å². The van der Waals surface area contributed by atoms with E-state index in [-0.39, 0.29) is 17.4 Å². The minimum absolute atomic E-state index is 0.0929. The van der Waals surface area contributed by atoms with Crippen LogP contribution in [0.3, 0.4) is 0 Å². The van der Waals surface area contributed by atoms with Crippen molar-refractivity contribution in [2.45, 2.75) is 5.16 Å². The molecule has 0 aliphatic carbocycles. The van der Waals surface area contributed by atoms with Gasteiger partial charge in [0.25, 0.3) is 11.7 Å². The fourth-order valence-electron chi connectivity index (χ4n) is 3.01. The number of hydrogen-bond donors (Lipinski definition) is 2. The summed E-state index contributed by atoms with van der Waals surface area (Å²) in [5.41, 5.74) is 4.71. The molecule has 0 atom stereocenters. The van der Waals surface area contributed by atoms with Gasteiger partial charge in [-0.25, -0.2) is 5.43 Å². The van der Waals surface area contributed by atoms with Gasteiger partial charge in [0, 0.05) is 8.95 Å². The molecule has 1 heterocycles. The number of nitrogens with zero attached hydrogens (tertiary/aromatic N) is 3. The molecule has 0 fully saturated rings. The second kappa shape index (κ2) is 10.8. The van der Waals surface area contributed by atoms with Crippen LogP contribution in [0.1, 0.15) is 5.56 Å². The average molecular weight is 587 g/mol. The molecule has 0 saturated heterocycles. The van der Waals surface area contributed by atoms with Crippen LogP contribution < -0.4 is 15.1 Å². The van der Waals surface area contributed by atoms with E-state index in [1.807, 2.05) is 65.2 Å². The Morgan fingerprint density at radius 1 is 1.12 bits per heavy atom. The smallest absolute Gasteiger partial charge is 0.342 e. The summed E-state index contributed by atoms with van der Waals surface area (Å²) in [5, 5.41) is 24.2. The van der Waals surface area contributed by atoms with Crippen molar-refractivity contribution in [3.8, 4) is 22.8 Å². The molecule has 1 amide bonds. The fourth-order valence-corrected chi connectivity index (χ4v) is 5.03. The lowest BCUT2D eigenvalue weighted by Crippen LogP contribution is -2.34. The molecule has 10 heteroatoms. The van der Waals surface area contributed by atoms with Crippen LogP contribution in [0.2, 0.25) is 0 Å². The lowest BCUT2D eigenvalue weighted by molar-refractivity contribution is -0.625. The normalized spacial score (nSPS) is 11.1. The Labute approximate surface area is 211 Å². The number of carbonyl (C=O) groups is 1. The number of halogens is 2. The van der Waals surface area contributed by atoms with E-state index >= 15 is 0 Å². The largest absolute Gasteiger partial charge is 0.871 e. The van der Waals surface area contributed by atoms with Crippen LogP contribution in [0.5, 0.6) is 5.75 Å². The van der Waals surface area contributed by atoms with Crippen LogP contribution >= 0.6 is 43.6 Å². The summed E-state index contributed by atoms with van der Waals surface area (Å²) in [6.45, 7) is 0. The number of benzene rings is 3. The topological polar surface area (TPSA) is 97.1 Å². The van der Waals surface area contributed by atoms with Gasteiger partial charge in [0.2, 0.25) is 0 Å². The SMILES string of the molecule is O=C(CSc1n[nH]c(-c2ccccc2)[n+]1-c1ccccc1)N/N=C/c1cc(Br)cc(Br)c1[O-]. The Bertz CT molecular complexity index is 1300. The highest BCUT2D eigenvalue weighted by Gasteiger charge is 2.24. The summed E-state index contributed by atoms with van der Waals surface area (Å²) in [4.78, 5) is 12.4. The van der Waals surface area contributed by atoms with Crippen LogP contribution in [0.15, 0.2) is 92.0 Å². The number of hydrazone groups is 1. The van der Waals surface area contributed by atoms with Crippen molar-refractivity contribution in [2.24, 2.45) is 5.10 Å². The van der Waals surface area contributed by atoms with Gasteiger partial charge in [0.05, 0.1) is 22.6 Å². The molecule has 0 aliphatic rings. The van der Waals surface area contributed by atoms with Crippen LogP contribution in [-0.2, 0) is 4.79 Å². The zero-order chi connectivity index (χ0) is 23.2. The van der Waals surface area contributed by atoms with Gasteiger partial charge in [0.15, 0.2) is 0 Å². The van der Waals surface area contributed by atoms with Gasteiger partial charge in [-0.2, -0.15) is 9.67 Å². The fraction of sp³-hybridized carbons (Fsp3) is 0.0435. The van der Waals surface area contributed by atoms with Gasteiger partial charge in [-0.15, -0.1) is 5.10 Å². The lowest BCUT2D eigenvalue weighted by Gasteiger charge is -2.12. The Morgan fingerprint density at radius 2 is 1.82 bits per heavy atom. The van der Waals surface area contributed by atoms with Crippen molar-refractivity contribution < 1.29 is 14.5 Å². The predicted molar refractivity (Wildman–Crippen MR) is 133 cm³/mol. The maximum Gasteiger partial charge on any atom is 0.342 e. The molecular weight excluding hydrogens is 570 g/mol. The van der Waals surface area contributed by atoms with E-state index < -0.39 is 0 Å². The predicted octanol–water partition coefficient (Wildman–Crippen LogP) is 4.19. The molecular formula is C23H17Br2N5O2S. The van der Waals surface area contributed by atoms with Gasteiger partial charge >= 0.3 is 5.16 Å². The summed E-state index contributed by atoms with van der Waals surface area (Å²) in [5.74, 6) is 0.377. The van der Waals surface area contributed by atoms with E-state index in [1.54, 1.807) is 12.1 Å². The number of carbonyl (C=O) groups excluding carboxylic acids is 1. The zero-order valence-corrected chi connectivity index (χ0v) is 21.0. The molecule has 4 rings (SSSR count). The highest BCUT2D eigenvalue weighted by atomic mass is 79.9. The maximum absolute atomic E-state index is 12.4. The number of hydrogen-bond acceptors (Lipinski definition) is 5. The second-order valence-electron chi connectivity index (χ2n) is 6.78. The van der Waals surface area contributed by atoms with Gasteiger partial charge in [-0.3, -0.25) is 4.79 Å². The summed E-state index contributed by atoms with van der Waals surface area (Å²) >= 11 is 7.81. The molecule has 0 spiro atoms. The number of H-pyrrole nitrogens is 1. The van der Waals surface area contributed by atoms with Crippen LogP contribution in [-0.4, -0.2) is 28.1 Å². The number of amides is 1. The first-order valence-corrected chi connectivity index (χ1v) is 12.3. The first-order valence-electron chi connectivity index (χ1n) is 9.75. The first-order chi connectivity index (χ1) is 16.0. The Hall–Kier alpha value is -2.95. The Kier molecular flexibility index (Phi) is 7.58. The number of aromatic amines is 1. The molecule has 2 N–H and O–H groups in total. The van der Waals surface area contributed by atoms with Gasteiger partial charge < -0.3 is 5.11 Å². The summed E-state index contributed by atoms with van der Waals surface area (Å²) in [7, 11) is 0. The molecule has 7 nitrogen and oxygen atoms in total. The average Bonchev–Trinajstić information content (AvgIpc) is 3.26. The van der Waals surface area contributed by atoms with E-state index in [1.165, 1.54) is 18.0 Å². The lowest BCUT2D eigenvalue weighted by atomic mass is 10.2. The van der Waals surface area contributed by atoms with E-state index in [0.717, 1.165) is 21.5 Å². The summed E-state index contributed by atoms with van der Waals surface area (Å²) < 4.78 is 3.12. The van der Waals surface area contributed by atoms with E-state index in [4.69, 9.17) is 0 Å². The molecule has 33 heavy (non-hydrogen) atoms. The van der Waals surface area contributed by atoms with Crippen molar-refractivity contribution in [3.63, 3.8) is 0 Å². The molecule has 0 aliphatic heterocycles. The number of para-hydroxylation sites is 1. The summed E-state index contributed by atoms with van der Waals surface area (Å²) in [6, 6.07) is 23.0. The van der Waals surface area contributed by atoms with Crippen LogP contribution in [0, 0.1) is 0 Å². The molecule has 0 unspecified atom stereocenters. The number of rotatable bonds is 7. The van der Waals surface area contributed by atoms with Crippen molar-refractivity contribution in [2.75, 3.05) is 5.75 Å². The Morgan fingerprint density at radius 3 is 2.55 bits per heavy atom. The molecule has 4 aromatic rings. The quantitative estimate of drug-likeness (QED) is 0.147. The molecule has 1 aromatic heterocycles. The number of aromatic nitrogens is 3. The number of thioether (sulfide) groups is 1. The highest BCUT2D eigenvalue weighted by Crippen LogP contribution is 2.28. The van der Waals surface area contributed by atoms with Crippen molar-refractivity contribution in [1.82, 2.24) is 15.6 Å². The standard InChI is InChI=1S/C23H17Br2N5O2S/c24-17-11-16(21(32)19(25)12-17)13-26-27-20(31)14-33-23-29-28-22(15-7-3-1-4-8-15)30(23)18-9-5-2-6-10-18/h1-13H,14H2,(H2,26,27,31,32). The van der Waals surface area contributed by atoms with Crippen molar-refractivity contribution in [3.05, 3.63) is 87.3 Å². The van der Waals surface area contributed by atoms with Gasteiger partial charge in [-0.1, -0.05) is 74.0 Å². The van der Waals surface area contributed by atoms with Gasteiger partial charge in [-0.05, 0) is 53.7 Å². The van der Waals surface area contributed by atoms with Crippen molar-refractivity contribution in [1.29, 1.82) is 0 Å². The monoisotopic (exact) mass is 585 g/mol. The molecule has 0 saturated carbocycles. The minimum atomic E-state index is -0.318. The third-order valence-corrected chi connectivity index (χ3v) is 6.48. The number of nitrogens with one attached hydrogen (secondary N) is 2. The zero-order valence-electron chi connectivity index (χ0n) is 17.0. The van der Waals surface area contributed by atoms with Crippen LogP contribution in [0.25, 0.3) is 17.1 Å². The van der Waals surface area contributed by atoms with Gasteiger partial charge in [0.1, 0.15) is 5.69 Å². The third-order valence-electron chi connectivity index (χ3n) is 4.50. The molecule has 3 aromatic carbocycles. The molecule has 0 radical (unpaired) electrons. The second-order valence-corrected chi connectivity index (χ2v) is 9.49. The maximum atomic E-state index is 12.4. The minimum Gasteiger partial charge on any atom is -0.871 e. The molecule has 0 bridgehead atoms. The first kappa shape index (κ1) is 23.2. The Balaban J connectivity index is 1.48.